The quantitative estimate of drug-likeness (QED) is 0.429. The Morgan fingerprint density at radius 1 is 1.00 bits per heavy atom. The van der Waals surface area contributed by atoms with Crippen molar-refractivity contribution < 1.29 is 25.9 Å². The van der Waals surface area contributed by atoms with E-state index >= 15 is 0 Å². The predicted molar refractivity (Wildman–Crippen MR) is 51.5 cm³/mol. The zero-order valence-electron chi connectivity index (χ0n) is 5.63. The van der Waals surface area contributed by atoms with Crippen LogP contribution in [-0.4, -0.2) is 68.2 Å². The molecule has 0 amide bonds. The zero-order chi connectivity index (χ0) is 9.28. The van der Waals surface area contributed by atoms with Crippen LogP contribution in [0.3, 0.4) is 0 Å². The van der Waals surface area contributed by atoms with E-state index in [4.69, 9.17) is 9.11 Å². The van der Waals surface area contributed by atoms with Crippen LogP contribution in [0, 0.1) is 0 Å². The number of hydrogen-bond acceptors (Lipinski definition) is 4. The number of rotatable bonds is 3. The van der Waals surface area contributed by atoms with Crippen LogP contribution in [-0.2, 0) is 20.2 Å². The molecule has 0 unspecified atom stereocenters. The van der Waals surface area contributed by atoms with E-state index in [1.807, 2.05) is 0 Å². The molecule has 72 valence electrons. The van der Waals surface area contributed by atoms with Crippen LogP contribution in [0.5, 0.6) is 0 Å². The SMILES string of the molecule is CCC(S(=O)(=O)O)S(=O)(=O)O.[LiH].[LiH]. The van der Waals surface area contributed by atoms with Gasteiger partial charge in [-0.3, -0.25) is 9.11 Å². The molecule has 0 saturated carbocycles. The Labute approximate surface area is 101 Å². The van der Waals surface area contributed by atoms with Gasteiger partial charge in [-0.05, 0) is 6.42 Å². The normalized spacial score (nSPS) is 11.7. The maximum absolute atomic E-state index is 10.2. The fourth-order valence-corrected chi connectivity index (χ4v) is 2.65. The molecule has 0 rings (SSSR count). The van der Waals surface area contributed by atoms with Gasteiger partial charge in [-0.25, -0.2) is 0 Å². The summed E-state index contributed by atoms with van der Waals surface area (Å²) in [6.07, 6.45) is -0.391. The van der Waals surface area contributed by atoms with Crippen LogP contribution < -0.4 is 0 Å². The first-order valence-corrected chi connectivity index (χ1v) is 5.63. The summed E-state index contributed by atoms with van der Waals surface area (Å²) in [4.78, 5) is 0. The molecule has 0 aromatic heterocycles. The summed E-state index contributed by atoms with van der Waals surface area (Å²) in [6, 6.07) is 0. The van der Waals surface area contributed by atoms with Crippen molar-refractivity contribution in [2.24, 2.45) is 0 Å². The van der Waals surface area contributed by atoms with Crippen LogP contribution >= 0.6 is 0 Å². The van der Waals surface area contributed by atoms with Gasteiger partial charge in [-0.1, -0.05) is 6.92 Å². The van der Waals surface area contributed by atoms with Gasteiger partial charge in [-0.2, -0.15) is 16.8 Å². The van der Waals surface area contributed by atoms with Crippen LogP contribution in [0.15, 0.2) is 0 Å². The second kappa shape index (κ2) is 6.49. The van der Waals surface area contributed by atoms with Gasteiger partial charge in [0.2, 0.25) is 4.58 Å². The minimum absolute atomic E-state index is 0. The first-order chi connectivity index (χ1) is 4.69. The summed E-state index contributed by atoms with van der Waals surface area (Å²) >= 11 is 0. The second-order valence-corrected chi connectivity index (χ2v) is 5.36. The fourth-order valence-electron chi connectivity index (χ4n) is 0.575. The molecule has 0 radical (unpaired) electrons. The van der Waals surface area contributed by atoms with E-state index < -0.39 is 31.2 Å². The summed E-state index contributed by atoms with van der Waals surface area (Å²) < 4.78 is 55.3. The molecule has 0 heterocycles. The monoisotopic (exact) mass is 220 g/mol. The molecule has 6 nitrogen and oxygen atoms in total. The van der Waals surface area contributed by atoms with Gasteiger partial charge in [0.05, 0.1) is 0 Å². The third-order valence-electron chi connectivity index (χ3n) is 0.998. The van der Waals surface area contributed by atoms with E-state index in [9.17, 15) is 16.8 Å². The van der Waals surface area contributed by atoms with Gasteiger partial charge in [0.25, 0.3) is 20.2 Å². The molecular weight excluding hydrogens is 210 g/mol. The molecule has 0 aromatic rings. The molecule has 0 atom stereocenters. The molecule has 0 fully saturated rings. The summed E-state index contributed by atoms with van der Waals surface area (Å²) in [6.45, 7) is 1.21. The average molecular weight is 220 g/mol. The van der Waals surface area contributed by atoms with Crippen molar-refractivity contribution in [3.05, 3.63) is 0 Å². The Morgan fingerprint density at radius 2 is 1.23 bits per heavy atom. The molecular formula is C3H10Li2O6S2. The van der Waals surface area contributed by atoms with Crippen molar-refractivity contribution in [3.63, 3.8) is 0 Å². The molecule has 0 aliphatic carbocycles. The van der Waals surface area contributed by atoms with Gasteiger partial charge in [0, 0.05) is 0 Å². The van der Waals surface area contributed by atoms with Crippen LogP contribution in [0.1, 0.15) is 13.3 Å². The summed E-state index contributed by atoms with van der Waals surface area (Å²) in [5.41, 5.74) is 0. The molecule has 0 bridgehead atoms. The van der Waals surface area contributed by atoms with Crippen molar-refractivity contribution in [1.82, 2.24) is 0 Å². The van der Waals surface area contributed by atoms with E-state index in [0.717, 1.165) is 0 Å². The minimum atomic E-state index is -4.71. The first kappa shape index (κ1) is 19.6. The Balaban J connectivity index is -0.000000500. The van der Waals surface area contributed by atoms with E-state index in [-0.39, 0.29) is 37.7 Å². The summed E-state index contributed by atoms with van der Waals surface area (Å²) in [5.74, 6) is 0. The van der Waals surface area contributed by atoms with Gasteiger partial charge in [0.15, 0.2) is 0 Å². The standard InChI is InChI=1S/C3H8O6S2.2Li.2H/c1-2-3(10(4,5)6)11(7,8)9;;;;/h3H,2H2,1H3,(H,4,5,6)(H,7,8,9);;;;. The fraction of sp³-hybridized carbons (Fsp3) is 1.00. The first-order valence-electron chi connectivity index (χ1n) is 2.62. The molecule has 0 aliphatic rings. The van der Waals surface area contributed by atoms with E-state index in [1.165, 1.54) is 6.92 Å². The number of hydrogen-bond donors (Lipinski definition) is 2. The predicted octanol–water partition coefficient (Wildman–Crippen LogP) is -1.80. The van der Waals surface area contributed by atoms with Crippen molar-refractivity contribution in [2.45, 2.75) is 17.9 Å². The molecule has 0 saturated heterocycles. The molecule has 10 heteroatoms. The Morgan fingerprint density at radius 3 is 1.23 bits per heavy atom. The van der Waals surface area contributed by atoms with Gasteiger partial charge in [-0.15, -0.1) is 0 Å². The summed E-state index contributed by atoms with van der Waals surface area (Å²) in [7, 11) is -9.42. The van der Waals surface area contributed by atoms with Gasteiger partial charge in [0.1, 0.15) is 0 Å². The Kier molecular flexibility index (Phi) is 9.77. The van der Waals surface area contributed by atoms with Crippen LogP contribution in [0.4, 0.5) is 0 Å². The van der Waals surface area contributed by atoms with E-state index in [2.05, 4.69) is 0 Å². The maximum atomic E-state index is 10.2. The van der Waals surface area contributed by atoms with Crippen LogP contribution in [0.25, 0.3) is 0 Å². The van der Waals surface area contributed by atoms with Crippen molar-refractivity contribution in [3.8, 4) is 0 Å². The zero-order valence-corrected chi connectivity index (χ0v) is 7.26. The van der Waals surface area contributed by atoms with E-state index in [0.29, 0.717) is 0 Å². The summed E-state index contributed by atoms with van der Waals surface area (Å²) in [5, 5.41) is 0. The molecule has 0 aromatic carbocycles. The Hall–Kier alpha value is 1.01. The molecule has 0 spiro atoms. The molecule has 13 heavy (non-hydrogen) atoms. The molecule has 2 N–H and O–H groups in total. The van der Waals surface area contributed by atoms with Crippen LogP contribution in [0.2, 0.25) is 0 Å². The van der Waals surface area contributed by atoms with Crippen molar-refractivity contribution in [1.29, 1.82) is 0 Å². The van der Waals surface area contributed by atoms with Crippen molar-refractivity contribution >= 4 is 58.0 Å². The topological polar surface area (TPSA) is 109 Å². The van der Waals surface area contributed by atoms with Gasteiger partial charge >= 0.3 is 37.7 Å². The second-order valence-electron chi connectivity index (χ2n) is 1.87. The third-order valence-corrected chi connectivity index (χ3v) is 4.45. The third kappa shape index (κ3) is 7.00. The average Bonchev–Trinajstić information content (AvgIpc) is 1.56. The van der Waals surface area contributed by atoms with Gasteiger partial charge < -0.3 is 0 Å². The Bertz CT molecular complexity index is 286. The van der Waals surface area contributed by atoms with Crippen molar-refractivity contribution in [2.75, 3.05) is 0 Å². The molecule has 0 aliphatic heterocycles. The van der Waals surface area contributed by atoms with E-state index in [1.54, 1.807) is 0 Å².